The van der Waals surface area contributed by atoms with E-state index in [-0.39, 0.29) is 18.3 Å². The van der Waals surface area contributed by atoms with Crippen molar-refractivity contribution in [3.8, 4) is 5.75 Å². The molecule has 1 fully saturated rings. The number of methoxy groups -OCH3 is 1. The number of likely N-dealkylation sites (tertiary alicyclic amines) is 1. The molecule has 0 aliphatic carbocycles. The van der Waals surface area contributed by atoms with Gasteiger partial charge in [-0.2, -0.15) is 0 Å². The fraction of sp³-hybridized carbons (Fsp3) is 0.421. The molecule has 0 radical (unpaired) electrons. The van der Waals surface area contributed by atoms with Gasteiger partial charge in [0.25, 0.3) is 5.91 Å². The van der Waals surface area contributed by atoms with Gasteiger partial charge >= 0.3 is 0 Å². The lowest BCUT2D eigenvalue weighted by molar-refractivity contribution is -0.0343. The number of halogens is 1. The predicted octanol–water partition coefficient (Wildman–Crippen LogP) is 2.54. The molecule has 1 aliphatic heterocycles. The number of hydrogen-bond donors (Lipinski definition) is 0. The molecule has 0 unspecified atom stereocenters. The van der Waals surface area contributed by atoms with Crippen LogP contribution in [0.5, 0.6) is 5.75 Å². The van der Waals surface area contributed by atoms with Gasteiger partial charge in [0.15, 0.2) is 0 Å². The summed E-state index contributed by atoms with van der Waals surface area (Å²) >= 11 is 0. The van der Waals surface area contributed by atoms with Crippen molar-refractivity contribution in [1.29, 1.82) is 0 Å². The van der Waals surface area contributed by atoms with Gasteiger partial charge in [0.2, 0.25) is 0 Å². The number of ether oxygens (including phenoxy) is 2. The number of carbonyl (C=O) groups excluding carboxylic acids is 1. The molecule has 6 nitrogen and oxygen atoms in total. The van der Waals surface area contributed by atoms with Gasteiger partial charge in [-0.15, -0.1) is 0 Å². The standard InChI is InChI=1S/C19H22FN3O3/c1-13-17(10-21-14(2)22-13)18(24)23-8-7-19(11-23,25-3)12-26-16-6-4-5-15(20)9-16/h4-6,9-10H,7-8,11-12H2,1-3H3/t19-/m1/s1. The highest BCUT2D eigenvalue weighted by atomic mass is 19.1. The first-order valence-corrected chi connectivity index (χ1v) is 8.45. The third kappa shape index (κ3) is 3.83. The van der Waals surface area contributed by atoms with E-state index < -0.39 is 5.60 Å². The number of hydrogen-bond acceptors (Lipinski definition) is 5. The second-order valence-corrected chi connectivity index (χ2v) is 6.53. The third-order valence-corrected chi connectivity index (χ3v) is 4.66. The molecule has 0 saturated carbocycles. The van der Waals surface area contributed by atoms with Gasteiger partial charge in [0.05, 0.1) is 17.8 Å². The van der Waals surface area contributed by atoms with Crippen LogP contribution < -0.4 is 4.74 Å². The monoisotopic (exact) mass is 359 g/mol. The molecule has 1 atom stereocenters. The molecule has 0 bridgehead atoms. The van der Waals surface area contributed by atoms with E-state index in [9.17, 15) is 9.18 Å². The summed E-state index contributed by atoms with van der Waals surface area (Å²) in [5.74, 6) is 0.600. The highest BCUT2D eigenvalue weighted by Crippen LogP contribution is 2.28. The summed E-state index contributed by atoms with van der Waals surface area (Å²) in [7, 11) is 1.60. The molecule has 7 heteroatoms. The largest absolute Gasteiger partial charge is 0.490 e. The molecule has 2 aromatic rings. The van der Waals surface area contributed by atoms with Crippen molar-refractivity contribution in [1.82, 2.24) is 14.9 Å². The molecule has 26 heavy (non-hydrogen) atoms. The van der Waals surface area contributed by atoms with Crippen molar-refractivity contribution < 1.29 is 18.7 Å². The van der Waals surface area contributed by atoms with Gasteiger partial charge in [0, 0.05) is 25.9 Å². The lowest BCUT2D eigenvalue weighted by Gasteiger charge is -2.28. The summed E-state index contributed by atoms with van der Waals surface area (Å²) in [5, 5.41) is 0. The lowest BCUT2D eigenvalue weighted by Crippen LogP contribution is -2.42. The van der Waals surface area contributed by atoms with E-state index >= 15 is 0 Å². The van der Waals surface area contributed by atoms with Crippen molar-refractivity contribution in [3.63, 3.8) is 0 Å². The van der Waals surface area contributed by atoms with E-state index in [1.54, 1.807) is 44.2 Å². The van der Waals surface area contributed by atoms with Crippen LogP contribution in [0.4, 0.5) is 4.39 Å². The molecule has 138 valence electrons. The van der Waals surface area contributed by atoms with E-state index in [0.717, 1.165) is 0 Å². The van der Waals surface area contributed by atoms with Crippen molar-refractivity contribution >= 4 is 5.91 Å². The van der Waals surface area contributed by atoms with Crippen molar-refractivity contribution in [2.75, 3.05) is 26.8 Å². The minimum atomic E-state index is -0.624. The Labute approximate surface area is 152 Å². The van der Waals surface area contributed by atoms with E-state index in [1.807, 2.05) is 0 Å². The van der Waals surface area contributed by atoms with Gasteiger partial charge < -0.3 is 14.4 Å². The Kier molecular flexibility index (Phi) is 5.18. The van der Waals surface area contributed by atoms with Crippen LogP contribution in [0.15, 0.2) is 30.5 Å². The van der Waals surface area contributed by atoms with Crippen LogP contribution in [0, 0.1) is 19.7 Å². The molecule has 2 heterocycles. The summed E-state index contributed by atoms with van der Waals surface area (Å²) in [6, 6.07) is 5.97. The maximum Gasteiger partial charge on any atom is 0.257 e. The molecule has 0 N–H and O–H groups in total. The Morgan fingerprint density at radius 1 is 1.38 bits per heavy atom. The average Bonchev–Trinajstić information content (AvgIpc) is 3.05. The van der Waals surface area contributed by atoms with Crippen LogP contribution >= 0.6 is 0 Å². The normalized spacial score (nSPS) is 19.6. The second kappa shape index (κ2) is 7.37. The van der Waals surface area contributed by atoms with Crippen LogP contribution in [0.25, 0.3) is 0 Å². The zero-order valence-corrected chi connectivity index (χ0v) is 15.2. The minimum Gasteiger partial charge on any atom is -0.490 e. The van der Waals surface area contributed by atoms with E-state index in [1.165, 1.54) is 12.1 Å². The third-order valence-electron chi connectivity index (χ3n) is 4.66. The smallest absolute Gasteiger partial charge is 0.257 e. The summed E-state index contributed by atoms with van der Waals surface area (Å²) < 4.78 is 24.7. The van der Waals surface area contributed by atoms with Gasteiger partial charge in [-0.3, -0.25) is 4.79 Å². The number of amides is 1. The first-order chi connectivity index (χ1) is 12.4. The molecular weight excluding hydrogens is 337 g/mol. The van der Waals surface area contributed by atoms with Crippen LogP contribution in [-0.4, -0.2) is 53.2 Å². The zero-order chi connectivity index (χ0) is 18.7. The fourth-order valence-corrected chi connectivity index (χ4v) is 3.10. The highest BCUT2D eigenvalue weighted by molar-refractivity contribution is 5.95. The molecule has 3 rings (SSSR count). The number of aryl methyl sites for hydroxylation is 2. The van der Waals surface area contributed by atoms with Gasteiger partial charge in [-0.25, -0.2) is 14.4 Å². The maximum absolute atomic E-state index is 13.3. The Balaban J connectivity index is 1.69. The SMILES string of the molecule is CO[C@]1(COc2cccc(F)c2)CCN(C(=O)c2cnc(C)nc2C)C1. The van der Waals surface area contributed by atoms with Gasteiger partial charge in [-0.1, -0.05) is 6.07 Å². The van der Waals surface area contributed by atoms with Gasteiger partial charge in [0.1, 0.15) is 29.6 Å². The van der Waals surface area contributed by atoms with Crippen LogP contribution in [-0.2, 0) is 4.74 Å². The Bertz CT molecular complexity index is 814. The number of rotatable bonds is 5. The number of benzene rings is 1. The van der Waals surface area contributed by atoms with E-state index in [2.05, 4.69) is 9.97 Å². The minimum absolute atomic E-state index is 0.118. The summed E-state index contributed by atoms with van der Waals surface area (Å²) in [6.07, 6.45) is 2.20. The van der Waals surface area contributed by atoms with Crippen LogP contribution in [0.2, 0.25) is 0 Å². The van der Waals surface area contributed by atoms with Crippen molar-refractivity contribution in [2.24, 2.45) is 0 Å². The molecule has 1 aromatic carbocycles. The lowest BCUT2D eigenvalue weighted by atomic mass is 10.0. The molecule has 1 aliphatic rings. The Hall–Kier alpha value is -2.54. The number of aromatic nitrogens is 2. The summed E-state index contributed by atoms with van der Waals surface area (Å²) in [5.41, 5.74) is 0.531. The summed E-state index contributed by atoms with van der Waals surface area (Å²) in [6.45, 7) is 4.77. The zero-order valence-electron chi connectivity index (χ0n) is 15.2. The molecule has 1 aromatic heterocycles. The topological polar surface area (TPSA) is 64.6 Å². The van der Waals surface area contributed by atoms with Crippen LogP contribution in [0.1, 0.15) is 28.3 Å². The Morgan fingerprint density at radius 2 is 2.19 bits per heavy atom. The Morgan fingerprint density at radius 3 is 2.88 bits per heavy atom. The van der Waals surface area contributed by atoms with E-state index in [0.29, 0.717) is 42.3 Å². The average molecular weight is 359 g/mol. The molecule has 0 spiro atoms. The molecule has 1 amide bonds. The second-order valence-electron chi connectivity index (χ2n) is 6.53. The molecular formula is C19H22FN3O3. The van der Waals surface area contributed by atoms with Gasteiger partial charge in [-0.05, 0) is 32.4 Å². The fourth-order valence-electron chi connectivity index (χ4n) is 3.10. The number of carbonyl (C=O) groups is 1. The first kappa shape index (κ1) is 18.3. The predicted molar refractivity (Wildman–Crippen MR) is 93.7 cm³/mol. The quantitative estimate of drug-likeness (QED) is 0.821. The van der Waals surface area contributed by atoms with E-state index in [4.69, 9.17) is 9.47 Å². The van der Waals surface area contributed by atoms with Crippen molar-refractivity contribution in [3.05, 3.63) is 53.4 Å². The van der Waals surface area contributed by atoms with Crippen LogP contribution in [0.3, 0.4) is 0 Å². The molecule has 1 saturated heterocycles. The highest BCUT2D eigenvalue weighted by Gasteiger charge is 2.41. The first-order valence-electron chi connectivity index (χ1n) is 8.45. The summed E-state index contributed by atoms with van der Waals surface area (Å²) in [4.78, 5) is 22.9. The number of nitrogens with zero attached hydrogens (tertiary/aromatic N) is 3. The maximum atomic E-state index is 13.3. The van der Waals surface area contributed by atoms with Crippen molar-refractivity contribution in [2.45, 2.75) is 25.9 Å².